The van der Waals surface area contributed by atoms with Crippen LogP contribution in [-0.4, -0.2) is 79.9 Å². The van der Waals surface area contributed by atoms with E-state index in [1.807, 2.05) is 13.8 Å². The largest absolute Gasteiger partial charge is 0.445 e. The molecule has 0 spiro atoms. The van der Waals surface area contributed by atoms with Crippen molar-refractivity contribution in [2.24, 2.45) is 17.6 Å². The fourth-order valence-electron chi connectivity index (χ4n) is 3.77. The number of anilines is 1. The molecule has 0 unspecified atom stereocenters. The highest BCUT2D eigenvalue weighted by Gasteiger charge is 2.25. The summed E-state index contributed by atoms with van der Waals surface area (Å²) in [4.78, 5) is 73.8. The molecule has 0 saturated carbocycles. The molecule has 1 aromatic carbocycles. The number of likely N-dealkylation sites (N-methyl/N-ethyl adjacent to an activating group) is 2. The van der Waals surface area contributed by atoms with Crippen LogP contribution >= 0.6 is 0 Å². The molecule has 0 aliphatic carbocycles. The van der Waals surface area contributed by atoms with E-state index < -0.39 is 36.0 Å². The highest BCUT2D eigenvalue weighted by molar-refractivity contribution is 5.97. The van der Waals surface area contributed by atoms with Crippen molar-refractivity contribution in [2.75, 3.05) is 32.5 Å². The van der Waals surface area contributed by atoms with Crippen LogP contribution in [0.3, 0.4) is 0 Å². The van der Waals surface area contributed by atoms with E-state index >= 15 is 0 Å². The molecular weight excluding hydrogens is 546 g/mol. The van der Waals surface area contributed by atoms with Gasteiger partial charge in [0.25, 0.3) is 0 Å². The Bertz CT molecular complexity index is 1080. The molecule has 0 radical (unpaired) electrons. The van der Waals surface area contributed by atoms with E-state index in [9.17, 15) is 28.8 Å². The van der Waals surface area contributed by atoms with Crippen LogP contribution in [0.2, 0.25) is 0 Å². The van der Waals surface area contributed by atoms with E-state index in [1.54, 1.807) is 38.1 Å². The van der Waals surface area contributed by atoms with Crippen molar-refractivity contribution in [3.63, 3.8) is 0 Å². The van der Waals surface area contributed by atoms with Crippen LogP contribution in [0.1, 0.15) is 52.5 Å². The van der Waals surface area contributed by atoms with Crippen LogP contribution in [0.5, 0.6) is 0 Å². The van der Waals surface area contributed by atoms with Crippen molar-refractivity contribution >= 4 is 41.4 Å². The van der Waals surface area contributed by atoms with Gasteiger partial charge in [-0.2, -0.15) is 0 Å². The number of nitrogens with zero attached hydrogens (tertiary/aromatic N) is 1. The van der Waals surface area contributed by atoms with Gasteiger partial charge in [0, 0.05) is 32.7 Å². The molecule has 2 atom stereocenters. The van der Waals surface area contributed by atoms with Gasteiger partial charge in [-0.15, -0.1) is 0 Å². The second-order valence-electron chi connectivity index (χ2n) is 10.7. The summed E-state index contributed by atoms with van der Waals surface area (Å²) in [6.07, 6.45) is 0.259. The summed E-state index contributed by atoms with van der Waals surface area (Å²) in [5.74, 6) is -1.51. The summed E-state index contributed by atoms with van der Waals surface area (Å²) < 4.78 is 5.27. The number of ether oxygens (including phenoxy) is 1. The van der Waals surface area contributed by atoms with Crippen molar-refractivity contribution in [2.45, 2.75) is 65.6 Å². The Hall–Kier alpha value is -4.36. The predicted molar refractivity (Wildman–Crippen MR) is 157 cm³/mol. The van der Waals surface area contributed by atoms with Gasteiger partial charge in [-0.25, -0.2) is 9.59 Å². The lowest BCUT2D eigenvalue weighted by Crippen LogP contribution is -2.51. The van der Waals surface area contributed by atoms with Crippen molar-refractivity contribution in [1.82, 2.24) is 26.2 Å². The highest BCUT2D eigenvalue weighted by atomic mass is 16.6. The minimum absolute atomic E-state index is 0.0768. The molecule has 0 bridgehead atoms. The molecule has 14 heteroatoms. The zero-order valence-corrected chi connectivity index (χ0v) is 25.2. The lowest BCUT2D eigenvalue weighted by atomic mass is 10.0. The van der Waals surface area contributed by atoms with Crippen LogP contribution in [0.25, 0.3) is 0 Å². The summed E-state index contributed by atoms with van der Waals surface area (Å²) in [6.45, 7) is 7.29. The van der Waals surface area contributed by atoms with E-state index in [1.165, 1.54) is 14.1 Å². The van der Waals surface area contributed by atoms with Gasteiger partial charge in [-0.1, -0.05) is 39.8 Å². The average molecular weight is 592 g/mol. The summed E-state index contributed by atoms with van der Waals surface area (Å²) >= 11 is 0. The molecule has 1 rings (SSSR count). The number of hydrogen-bond donors (Lipinski definition) is 6. The van der Waals surface area contributed by atoms with Crippen LogP contribution in [-0.2, 0) is 30.5 Å². The van der Waals surface area contributed by atoms with Gasteiger partial charge in [-0.05, 0) is 42.4 Å². The third-order valence-corrected chi connectivity index (χ3v) is 6.00. The zero-order valence-electron chi connectivity index (χ0n) is 25.2. The molecule has 0 aliphatic heterocycles. The molecule has 1 aromatic rings. The molecule has 7 amide bonds. The van der Waals surface area contributed by atoms with E-state index in [-0.39, 0.29) is 49.8 Å². The van der Waals surface area contributed by atoms with Gasteiger partial charge in [0.2, 0.25) is 23.6 Å². The monoisotopic (exact) mass is 591 g/mol. The average Bonchev–Trinajstić information content (AvgIpc) is 2.91. The van der Waals surface area contributed by atoms with Gasteiger partial charge in [0.1, 0.15) is 25.2 Å². The summed E-state index contributed by atoms with van der Waals surface area (Å²) in [5, 5.41) is 13.1. The lowest BCUT2D eigenvalue weighted by molar-refractivity contribution is -0.130. The van der Waals surface area contributed by atoms with Crippen LogP contribution < -0.4 is 32.3 Å². The maximum atomic E-state index is 12.9. The summed E-state index contributed by atoms with van der Waals surface area (Å²) in [6, 6.07) is 4.38. The number of primary amides is 1. The smallest absolute Gasteiger partial charge is 0.410 e. The number of carbonyl (C=O) groups is 6. The Morgan fingerprint density at radius 3 is 2.12 bits per heavy atom. The quantitative estimate of drug-likeness (QED) is 0.154. The number of amides is 7. The number of rotatable bonds is 16. The Kier molecular flexibility index (Phi) is 15.4. The Morgan fingerprint density at radius 2 is 1.57 bits per heavy atom. The molecule has 0 heterocycles. The maximum absolute atomic E-state index is 12.9. The number of carbonyl (C=O) groups excluding carboxylic acids is 6. The van der Waals surface area contributed by atoms with E-state index in [0.717, 1.165) is 4.90 Å². The van der Waals surface area contributed by atoms with E-state index in [0.29, 0.717) is 24.1 Å². The van der Waals surface area contributed by atoms with Gasteiger partial charge in [0.15, 0.2) is 0 Å². The van der Waals surface area contributed by atoms with Gasteiger partial charge < -0.3 is 42.0 Å². The van der Waals surface area contributed by atoms with Crippen molar-refractivity contribution in [3.8, 4) is 0 Å². The third-order valence-electron chi connectivity index (χ3n) is 6.00. The van der Waals surface area contributed by atoms with Gasteiger partial charge in [0.05, 0.1) is 0 Å². The fraction of sp³-hybridized carbons (Fsp3) is 0.571. The van der Waals surface area contributed by atoms with Gasteiger partial charge >= 0.3 is 12.1 Å². The SMILES string of the molecule is CNC(=O)[C@@H](NC(=O)CN(C)C(=O)OCc1ccc(NC(=O)[C@H](CCCNC(N)=O)NC(=O)CC(C)C)cc1)C(C)C. The standard InChI is InChI=1S/C28H45N7O7/c1-17(2)14-22(36)33-21(8-7-13-31-27(29)40)25(38)32-20-11-9-19(10-12-20)16-42-28(41)35(6)15-23(37)34-24(18(3)4)26(39)30-5/h9-12,17-18,21,24H,7-8,13-16H2,1-6H3,(H,30,39)(H,32,38)(H,33,36)(H,34,37)(H3,29,31,40)/t21-,24-/m0/s1. The number of benzene rings is 1. The molecule has 0 aliphatic rings. The molecule has 0 fully saturated rings. The number of nitrogens with one attached hydrogen (secondary N) is 5. The Labute approximate surface area is 246 Å². The predicted octanol–water partition coefficient (Wildman–Crippen LogP) is 1.06. The minimum atomic E-state index is -0.813. The first-order valence-electron chi connectivity index (χ1n) is 13.8. The number of hydrogen-bond acceptors (Lipinski definition) is 7. The summed E-state index contributed by atoms with van der Waals surface area (Å²) in [7, 11) is 2.89. The van der Waals surface area contributed by atoms with Crippen molar-refractivity contribution in [1.29, 1.82) is 0 Å². The van der Waals surface area contributed by atoms with Crippen LogP contribution in [0.4, 0.5) is 15.3 Å². The van der Waals surface area contributed by atoms with Crippen LogP contribution in [0.15, 0.2) is 24.3 Å². The first-order chi connectivity index (χ1) is 19.7. The topological polar surface area (TPSA) is 201 Å². The zero-order chi connectivity index (χ0) is 31.8. The molecule has 0 aromatic heterocycles. The highest BCUT2D eigenvalue weighted by Crippen LogP contribution is 2.13. The Balaban J connectivity index is 2.66. The normalized spacial score (nSPS) is 12.1. The second kappa shape index (κ2) is 18.1. The minimum Gasteiger partial charge on any atom is -0.445 e. The number of urea groups is 1. The molecule has 42 heavy (non-hydrogen) atoms. The first-order valence-corrected chi connectivity index (χ1v) is 13.8. The van der Waals surface area contributed by atoms with Crippen molar-refractivity contribution < 1.29 is 33.5 Å². The van der Waals surface area contributed by atoms with Crippen LogP contribution in [0, 0.1) is 11.8 Å². The van der Waals surface area contributed by atoms with E-state index in [2.05, 4.69) is 26.6 Å². The molecule has 7 N–H and O–H groups in total. The van der Waals surface area contributed by atoms with Gasteiger partial charge in [-0.3, -0.25) is 19.2 Å². The first kappa shape index (κ1) is 35.7. The maximum Gasteiger partial charge on any atom is 0.410 e. The molecule has 234 valence electrons. The van der Waals surface area contributed by atoms with Crippen molar-refractivity contribution in [3.05, 3.63) is 29.8 Å². The third kappa shape index (κ3) is 13.8. The lowest BCUT2D eigenvalue weighted by Gasteiger charge is -2.22. The number of nitrogens with two attached hydrogens (primary N) is 1. The van der Waals surface area contributed by atoms with E-state index in [4.69, 9.17) is 10.5 Å². The molecule has 0 saturated heterocycles. The molecular formula is C28H45N7O7. The molecule has 14 nitrogen and oxygen atoms in total. The second-order valence-corrected chi connectivity index (χ2v) is 10.7. The fourth-order valence-corrected chi connectivity index (χ4v) is 3.77. The summed E-state index contributed by atoms with van der Waals surface area (Å²) in [5.41, 5.74) is 6.18. The Morgan fingerprint density at radius 1 is 0.929 bits per heavy atom.